The number of hydrogen-bond acceptors (Lipinski definition) is 3. The summed E-state index contributed by atoms with van der Waals surface area (Å²) in [5, 5.41) is 3.33. The van der Waals surface area contributed by atoms with Gasteiger partial charge in [0.25, 0.3) is 0 Å². The molecule has 2 rings (SSSR count). The standard InChI is InChI=1S/C13H17BrN2O2/c1-9-8-16(10(2)7-15-9)13(17)18-12-5-3-11(14)4-6-12/h3-6,9-10,15H,7-8H2,1-2H3/t9-,10+/m1/s1. The molecule has 0 aliphatic carbocycles. The van der Waals surface area contributed by atoms with Crippen LogP contribution in [0.2, 0.25) is 0 Å². The molecule has 0 unspecified atom stereocenters. The first-order valence-electron chi connectivity index (χ1n) is 6.03. The van der Waals surface area contributed by atoms with Gasteiger partial charge in [-0.25, -0.2) is 4.79 Å². The first-order chi connectivity index (χ1) is 8.56. The summed E-state index contributed by atoms with van der Waals surface area (Å²) >= 11 is 3.35. The Hall–Kier alpha value is -1.07. The van der Waals surface area contributed by atoms with Crippen molar-refractivity contribution in [3.8, 4) is 5.75 Å². The van der Waals surface area contributed by atoms with E-state index in [4.69, 9.17) is 4.74 Å². The minimum Gasteiger partial charge on any atom is -0.410 e. The third-order valence-electron chi connectivity index (χ3n) is 3.02. The van der Waals surface area contributed by atoms with Crippen LogP contribution in [0, 0.1) is 0 Å². The Labute approximate surface area is 115 Å². The Morgan fingerprint density at radius 1 is 1.39 bits per heavy atom. The summed E-state index contributed by atoms with van der Waals surface area (Å²) in [7, 11) is 0. The van der Waals surface area contributed by atoms with Gasteiger partial charge in [0.15, 0.2) is 0 Å². The van der Waals surface area contributed by atoms with E-state index in [0.29, 0.717) is 18.3 Å². The van der Waals surface area contributed by atoms with Gasteiger partial charge >= 0.3 is 6.09 Å². The van der Waals surface area contributed by atoms with Crippen LogP contribution in [0.5, 0.6) is 5.75 Å². The molecule has 0 bridgehead atoms. The molecule has 1 saturated heterocycles. The second kappa shape index (κ2) is 5.71. The highest BCUT2D eigenvalue weighted by Gasteiger charge is 2.27. The number of carbonyl (C=O) groups is 1. The summed E-state index contributed by atoms with van der Waals surface area (Å²) in [4.78, 5) is 13.8. The lowest BCUT2D eigenvalue weighted by molar-refractivity contribution is 0.113. The van der Waals surface area contributed by atoms with Crippen LogP contribution in [0.1, 0.15) is 13.8 Å². The molecule has 1 heterocycles. The number of halogens is 1. The third kappa shape index (κ3) is 3.23. The summed E-state index contributed by atoms with van der Waals surface area (Å²) in [5.41, 5.74) is 0. The number of rotatable bonds is 1. The molecule has 1 amide bonds. The van der Waals surface area contributed by atoms with Gasteiger partial charge in [0.2, 0.25) is 0 Å². The number of nitrogens with one attached hydrogen (secondary N) is 1. The summed E-state index contributed by atoms with van der Waals surface area (Å²) in [5.74, 6) is 0.571. The quantitative estimate of drug-likeness (QED) is 0.866. The average Bonchev–Trinajstić information content (AvgIpc) is 2.35. The van der Waals surface area contributed by atoms with E-state index < -0.39 is 0 Å². The van der Waals surface area contributed by atoms with Crippen LogP contribution in [0.15, 0.2) is 28.7 Å². The van der Waals surface area contributed by atoms with Gasteiger partial charge in [0.05, 0.1) is 0 Å². The van der Waals surface area contributed by atoms with E-state index in [1.807, 2.05) is 19.1 Å². The molecule has 1 aromatic carbocycles. The van der Waals surface area contributed by atoms with Crippen molar-refractivity contribution < 1.29 is 9.53 Å². The van der Waals surface area contributed by atoms with Crippen molar-refractivity contribution in [1.82, 2.24) is 10.2 Å². The zero-order chi connectivity index (χ0) is 13.1. The van der Waals surface area contributed by atoms with Crippen molar-refractivity contribution in [2.45, 2.75) is 25.9 Å². The molecule has 1 aliphatic heterocycles. The Morgan fingerprint density at radius 2 is 2.06 bits per heavy atom. The molecule has 4 nitrogen and oxygen atoms in total. The molecule has 0 aromatic heterocycles. The number of hydrogen-bond donors (Lipinski definition) is 1. The van der Waals surface area contributed by atoms with Gasteiger partial charge in [0.1, 0.15) is 5.75 Å². The van der Waals surface area contributed by atoms with Gasteiger partial charge in [-0.15, -0.1) is 0 Å². The van der Waals surface area contributed by atoms with Crippen molar-refractivity contribution in [1.29, 1.82) is 0 Å². The maximum absolute atomic E-state index is 12.1. The largest absolute Gasteiger partial charge is 0.415 e. The predicted molar refractivity (Wildman–Crippen MR) is 73.8 cm³/mol. The zero-order valence-corrected chi connectivity index (χ0v) is 12.1. The minimum absolute atomic E-state index is 0.157. The fourth-order valence-electron chi connectivity index (χ4n) is 1.94. The monoisotopic (exact) mass is 312 g/mol. The SMILES string of the molecule is C[C@@H]1CN(C(=O)Oc2ccc(Br)cc2)[C@@H](C)CN1. The summed E-state index contributed by atoms with van der Waals surface area (Å²) in [6, 6.07) is 7.72. The van der Waals surface area contributed by atoms with Gasteiger partial charge in [0, 0.05) is 29.6 Å². The van der Waals surface area contributed by atoms with Gasteiger partial charge < -0.3 is 15.0 Å². The van der Waals surface area contributed by atoms with Gasteiger partial charge in [-0.2, -0.15) is 0 Å². The van der Waals surface area contributed by atoms with E-state index in [2.05, 4.69) is 28.2 Å². The summed E-state index contributed by atoms with van der Waals surface area (Å²) in [6.07, 6.45) is -0.279. The highest BCUT2D eigenvalue weighted by atomic mass is 79.9. The normalized spacial score (nSPS) is 23.8. The smallest absolute Gasteiger partial charge is 0.410 e. The first-order valence-corrected chi connectivity index (χ1v) is 6.83. The van der Waals surface area contributed by atoms with Crippen molar-refractivity contribution in [2.24, 2.45) is 0 Å². The van der Waals surface area contributed by atoms with E-state index in [0.717, 1.165) is 11.0 Å². The molecule has 1 aromatic rings. The molecule has 0 saturated carbocycles. The fourth-order valence-corrected chi connectivity index (χ4v) is 2.20. The second-order valence-corrected chi connectivity index (χ2v) is 5.55. The van der Waals surface area contributed by atoms with Crippen LogP contribution in [0.25, 0.3) is 0 Å². The molecule has 1 aliphatic rings. The van der Waals surface area contributed by atoms with Gasteiger partial charge in [-0.1, -0.05) is 15.9 Å². The van der Waals surface area contributed by atoms with Gasteiger partial charge in [-0.05, 0) is 38.1 Å². The predicted octanol–water partition coefficient (Wildman–Crippen LogP) is 2.63. The Morgan fingerprint density at radius 3 is 2.72 bits per heavy atom. The maximum atomic E-state index is 12.1. The zero-order valence-electron chi connectivity index (χ0n) is 10.5. The Balaban J connectivity index is 2.00. The maximum Gasteiger partial charge on any atom is 0.415 e. The van der Waals surface area contributed by atoms with Crippen molar-refractivity contribution in [3.05, 3.63) is 28.7 Å². The Bertz CT molecular complexity index is 422. The fraction of sp³-hybridized carbons (Fsp3) is 0.462. The number of carbonyl (C=O) groups excluding carboxylic acids is 1. The molecule has 2 atom stereocenters. The lowest BCUT2D eigenvalue weighted by atomic mass is 10.1. The second-order valence-electron chi connectivity index (χ2n) is 4.63. The number of benzene rings is 1. The van der Waals surface area contributed by atoms with E-state index in [9.17, 15) is 4.79 Å². The molecule has 1 fully saturated rings. The first kappa shape index (κ1) is 13.4. The number of ether oxygens (including phenoxy) is 1. The highest BCUT2D eigenvalue weighted by molar-refractivity contribution is 9.10. The summed E-state index contributed by atoms with van der Waals surface area (Å²) in [6.45, 7) is 5.56. The molecule has 98 valence electrons. The van der Waals surface area contributed by atoms with Crippen molar-refractivity contribution in [3.63, 3.8) is 0 Å². The van der Waals surface area contributed by atoms with Crippen LogP contribution in [0.4, 0.5) is 4.79 Å². The number of amides is 1. The number of piperazine rings is 1. The van der Waals surface area contributed by atoms with Crippen LogP contribution in [-0.4, -0.2) is 36.2 Å². The van der Waals surface area contributed by atoms with Crippen LogP contribution in [0.3, 0.4) is 0 Å². The van der Waals surface area contributed by atoms with Crippen LogP contribution in [-0.2, 0) is 0 Å². The van der Waals surface area contributed by atoms with E-state index in [1.165, 1.54) is 0 Å². The lowest BCUT2D eigenvalue weighted by Gasteiger charge is -2.36. The Kier molecular flexibility index (Phi) is 4.24. The van der Waals surface area contributed by atoms with Crippen molar-refractivity contribution in [2.75, 3.05) is 13.1 Å². The van der Waals surface area contributed by atoms with Gasteiger partial charge in [-0.3, -0.25) is 0 Å². The highest BCUT2D eigenvalue weighted by Crippen LogP contribution is 2.18. The summed E-state index contributed by atoms with van der Waals surface area (Å²) < 4.78 is 6.33. The molecule has 5 heteroatoms. The third-order valence-corrected chi connectivity index (χ3v) is 3.55. The molecule has 0 spiro atoms. The number of nitrogens with zero attached hydrogens (tertiary/aromatic N) is 1. The molecule has 18 heavy (non-hydrogen) atoms. The molecule has 0 radical (unpaired) electrons. The van der Waals surface area contributed by atoms with E-state index in [-0.39, 0.29) is 12.1 Å². The minimum atomic E-state index is -0.279. The van der Waals surface area contributed by atoms with Crippen LogP contribution >= 0.6 is 15.9 Å². The molecular weight excluding hydrogens is 296 g/mol. The molecule has 1 N–H and O–H groups in total. The van der Waals surface area contributed by atoms with E-state index in [1.54, 1.807) is 17.0 Å². The van der Waals surface area contributed by atoms with Crippen LogP contribution < -0.4 is 10.1 Å². The van der Waals surface area contributed by atoms with Crippen molar-refractivity contribution >= 4 is 22.0 Å². The lowest BCUT2D eigenvalue weighted by Crippen LogP contribution is -2.56. The molecular formula is C13H17BrN2O2. The average molecular weight is 313 g/mol. The van der Waals surface area contributed by atoms with E-state index >= 15 is 0 Å². The topological polar surface area (TPSA) is 41.6 Å².